The molecule has 0 aromatic rings. The van der Waals surface area contributed by atoms with Crippen LogP contribution in [-0.4, -0.2) is 22.6 Å². The molecular weight excluding hydrogens is 252 g/mol. The molecule has 1 N–H and O–H groups in total. The molecule has 110 valence electrons. The number of thioether (sulfide) groups is 1. The van der Waals surface area contributed by atoms with Crippen molar-refractivity contribution in [1.82, 2.24) is 5.32 Å². The van der Waals surface area contributed by atoms with Gasteiger partial charge in [0.15, 0.2) is 0 Å². The highest BCUT2D eigenvalue weighted by molar-refractivity contribution is 7.99. The van der Waals surface area contributed by atoms with Crippen LogP contribution in [0.3, 0.4) is 0 Å². The highest BCUT2D eigenvalue weighted by atomic mass is 32.2. The maximum absolute atomic E-state index is 9.30. The predicted octanol–water partition coefficient (Wildman–Crippen LogP) is 4.36. The summed E-state index contributed by atoms with van der Waals surface area (Å²) in [6.45, 7) is 8.62. The van der Waals surface area contributed by atoms with Gasteiger partial charge in [-0.2, -0.15) is 17.0 Å². The molecule has 0 bridgehead atoms. The third-order valence-electron chi connectivity index (χ3n) is 3.92. The van der Waals surface area contributed by atoms with Crippen LogP contribution < -0.4 is 5.32 Å². The quantitative estimate of drug-likeness (QED) is 0.705. The minimum absolute atomic E-state index is 0.353. The fraction of sp³-hybridized carbons (Fsp3) is 0.938. The lowest BCUT2D eigenvalue weighted by molar-refractivity contribution is 0.379. The maximum Gasteiger partial charge on any atom is 0.104 e. The first kappa shape index (κ1) is 16.9. The van der Waals surface area contributed by atoms with Gasteiger partial charge in [0, 0.05) is 11.3 Å². The van der Waals surface area contributed by atoms with Crippen LogP contribution in [0.4, 0.5) is 0 Å². The molecule has 0 heterocycles. The summed E-state index contributed by atoms with van der Waals surface area (Å²) in [7, 11) is 0. The summed E-state index contributed by atoms with van der Waals surface area (Å²) in [5, 5.41) is 13.5. The zero-order valence-corrected chi connectivity index (χ0v) is 13.9. The number of hydrogen-bond donors (Lipinski definition) is 1. The molecule has 0 spiro atoms. The molecule has 1 aliphatic carbocycles. The van der Waals surface area contributed by atoms with Crippen LogP contribution in [0, 0.1) is 17.2 Å². The molecule has 19 heavy (non-hydrogen) atoms. The zero-order valence-electron chi connectivity index (χ0n) is 13.0. The second-order valence-corrected chi connectivity index (χ2v) is 8.02. The Labute approximate surface area is 123 Å². The lowest BCUT2D eigenvalue weighted by atomic mass is 9.91. The molecule has 3 unspecified atom stereocenters. The van der Waals surface area contributed by atoms with Crippen molar-refractivity contribution in [2.45, 2.75) is 83.1 Å². The van der Waals surface area contributed by atoms with E-state index in [9.17, 15) is 5.26 Å². The third kappa shape index (κ3) is 6.68. The molecule has 1 fully saturated rings. The number of nitrogens with zero attached hydrogens (tertiary/aromatic N) is 1. The molecule has 0 amide bonds. The van der Waals surface area contributed by atoms with Gasteiger partial charge in [0.25, 0.3) is 0 Å². The number of rotatable bonds is 7. The van der Waals surface area contributed by atoms with E-state index in [-0.39, 0.29) is 5.54 Å². The first-order valence-electron chi connectivity index (χ1n) is 7.76. The van der Waals surface area contributed by atoms with Gasteiger partial charge in [0.05, 0.1) is 6.07 Å². The van der Waals surface area contributed by atoms with Crippen molar-refractivity contribution in [3.63, 3.8) is 0 Å². The molecule has 0 aliphatic heterocycles. The van der Waals surface area contributed by atoms with E-state index in [1.165, 1.54) is 31.4 Å². The van der Waals surface area contributed by atoms with Gasteiger partial charge in [-0.25, -0.2) is 0 Å². The molecule has 1 saturated carbocycles. The van der Waals surface area contributed by atoms with Crippen molar-refractivity contribution in [3.05, 3.63) is 0 Å². The van der Waals surface area contributed by atoms with Crippen molar-refractivity contribution in [3.8, 4) is 6.07 Å². The Morgan fingerprint density at radius 2 is 2.16 bits per heavy atom. The second kappa shape index (κ2) is 8.17. The smallest absolute Gasteiger partial charge is 0.104 e. The topological polar surface area (TPSA) is 35.8 Å². The van der Waals surface area contributed by atoms with Crippen LogP contribution >= 0.6 is 11.8 Å². The highest BCUT2D eigenvalue weighted by Crippen LogP contribution is 2.32. The maximum atomic E-state index is 9.30. The molecule has 2 nitrogen and oxygen atoms in total. The lowest BCUT2D eigenvalue weighted by Crippen LogP contribution is -2.45. The molecule has 0 aromatic heterocycles. The first-order chi connectivity index (χ1) is 8.95. The molecule has 0 radical (unpaired) electrons. The molecule has 1 aliphatic rings. The average molecular weight is 282 g/mol. The summed E-state index contributed by atoms with van der Waals surface area (Å²) < 4.78 is 0. The van der Waals surface area contributed by atoms with Crippen LogP contribution in [-0.2, 0) is 0 Å². The monoisotopic (exact) mass is 282 g/mol. The van der Waals surface area contributed by atoms with E-state index in [4.69, 9.17) is 0 Å². The van der Waals surface area contributed by atoms with E-state index in [0.717, 1.165) is 24.0 Å². The van der Waals surface area contributed by atoms with Crippen molar-refractivity contribution >= 4 is 11.8 Å². The van der Waals surface area contributed by atoms with Crippen molar-refractivity contribution in [2.24, 2.45) is 5.92 Å². The van der Waals surface area contributed by atoms with Gasteiger partial charge in [-0.1, -0.05) is 19.8 Å². The number of nitrogens with one attached hydrogen (secondary N) is 1. The summed E-state index contributed by atoms with van der Waals surface area (Å²) in [5.41, 5.74) is -0.353. The average Bonchev–Trinajstić information content (AvgIpc) is 2.34. The minimum Gasteiger partial charge on any atom is -0.297 e. The second-order valence-electron chi connectivity index (χ2n) is 6.61. The van der Waals surface area contributed by atoms with E-state index < -0.39 is 0 Å². The summed E-state index contributed by atoms with van der Waals surface area (Å²) in [5.74, 6) is 2.12. The van der Waals surface area contributed by atoms with Crippen LogP contribution in [0.25, 0.3) is 0 Å². The summed E-state index contributed by atoms with van der Waals surface area (Å²) in [6.07, 6.45) is 7.71. The third-order valence-corrected chi connectivity index (χ3v) is 5.34. The van der Waals surface area contributed by atoms with Gasteiger partial charge in [-0.05, 0) is 58.1 Å². The standard InChI is InChI=1S/C16H30N2S/c1-13(2)18-16(4,12-17)9-6-10-19-15-8-5-7-14(3)11-15/h13-15,18H,5-11H2,1-4H3. The summed E-state index contributed by atoms with van der Waals surface area (Å²) in [4.78, 5) is 0. The van der Waals surface area contributed by atoms with Crippen molar-refractivity contribution in [2.75, 3.05) is 5.75 Å². The first-order valence-corrected chi connectivity index (χ1v) is 8.80. The Morgan fingerprint density at radius 1 is 1.42 bits per heavy atom. The molecular formula is C16H30N2S. The Bertz CT molecular complexity index is 298. The van der Waals surface area contributed by atoms with Gasteiger partial charge in [0.1, 0.15) is 5.54 Å². The predicted molar refractivity (Wildman–Crippen MR) is 85.4 cm³/mol. The Kier molecular flexibility index (Phi) is 7.25. The largest absolute Gasteiger partial charge is 0.297 e. The van der Waals surface area contributed by atoms with Gasteiger partial charge in [0.2, 0.25) is 0 Å². The fourth-order valence-corrected chi connectivity index (χ4v) is 4.45. The SMILES string of the molecule is CC1CCCC(SCCCC(C)(C#N)NC(C)C)C1. The summed E-state index contributed by atoms with van der Waals surface area (Å²) >= 11 is 2.13. The van der Waals surface area contributed by atoms with Gasteiger partial charge in [-0.3, -0.25) is 5.32 Å². The van der Waals surface area contributed by atoms with E-state index in [0.29, 0.717) is 6.04 Å². The van der Waals surface area contributed by atoms with Gasteiger partial charge in [-0.15, -0.1) is 0 Å². The van der Waals surface area contributed by atoms with Crippen molar-refractivity contribution < 1.29 is 0 Å². The van der Waals surface area contributed by atoms with Crippen LogP contribution in [0.5, 0.6) is 0 Å². The molecule has 0 aromatic carbocycles. The Hall–Kier alpha value is -0.200. The molecule has 3 heteroatoms. The van der Waals surface area contributed by atoms with Crippen LogP contribution in [0.1, 0.15) is 66.2 Å². The zero-order chi connectivity index (χ0) is 14.3. The summed E-state index contributed by atoms with van der Waals surface area (Å²) in [6, 6.07) is 2.81. The van der Waals surface area contributed by atoms with E-state index in [1.807, 2.05) is 6.92 Å². The Morgan fingerprint density at radius 3 is 2.74 bits per heavy atom. The van der Waals surface area contributed by atoms with Gasteiger partial charge >= 0.3 is 0 Å². The normalized spacial score (nSPS) is 26.9. The lowest BCUT2D eigenvalue weighted by Gasteiger charge is -2.28. The van der Waals surface area contributed by atoms with E-state index >= 15 is 0 Å². The van der Waals surface area contributed by atoms with Crippen LogP contribution in [0.15, 0.2) is 0 Å². The number of hydrogen-bond acceptors (Lipinski definition) is 3. The molecule has 3 atom stereocenters. The minimum atomic E-state index is -0.353. The highest BCUT2D eigenvalue weighted by Gasteiger charge is 2.24. The van der Waals surface area contributed by atoms with E-state index in [2.05, 4.69) is 43.9 Å². The van der Waals surface area contributed by atoms with E-state index in [1.54, 1.807) is 0 Å². The Balaban J connectivity index is 2.20. The molecule has 0 saturated heterocycles. The fourth-order valence-electron chi connectivity index (χ4n) is 3.00. The number of nitriles is 1. The molecule has 1 rings (SSSR count). The van der Waals surface area contributed by atoms with Gasteiger partial charge < -0.3 is 0 Å². The van der Waals surface area contributed by atoms with Crippen molar-refractivity contribution in [1.29, 1.82) is 5.26 Å². The van der Waals surface area contributed by atoms with Crippen LogP contribution in [0.2, 0.25) is 0 Å².